The predicted molar refractivity (Wildman–Crippen MR) is 117 cm³/mol. The zero-order valence-corrected chi connectivity index (χ0v) is 18.5. The number of ketones is 1. The van der Waals surface area contributed by atoms with Gasteiger partial charge in [-0.05, 0) is 36.2 Å². The summed E-state index contributed by atoms with van der Waals surface area (Å²) in [6.07, 6.45) is 1.40. The van der Waals surface area contributed by atoms with Crippen molar-refractivity contribution >= 4 is 27.6 Å². The van der Waals surface area contributed by atoms with E-state index in [0.29, 0.717) is 34.9 Å². The highest BCUT2D eigenvalue weighted by molar-refractivity contribution is 7.90. The van der Waals surface area contributed by atoms with Crippen molar-refractivity contribution in [3.8, 4) is 11.5 Å². The Labute approximate surface area is 181 Å². The van der Waals surface area contributed by atoms with Crippen molar-refractivity contribution in [2.45, 2.75) is 25.6 Å². The van der Waals surface area contributed by atoms with Crippen LogP contribution in [0.3, 0.4) is 0 Å². The molecule has 1 heterocycles. The Kier molecular flexibility index (Phi) is 6.66. The lowest BCUT2D eigenvalue weighted by Crippen LogP contribution is -2.36. The fourth-order valence-electron chi connectivity index (χ4n) is 4.06. The quantitative estimate of drug-likeness (QED) is 0.354. The molecule has 8 nitrogen and oxygen atoms in total. The minimum atomic E-state index is -3.45. The second-order valence-corrected chi connectivity index (χ2v) is 9.65. The monoisotopic (exact) mass is 446 g/mol. The molecule has 0 aromatic heterocycles. The number of sulfone groups is 1. The molecule has 2 atom stereocenters. The van der Waals surface area contributed by atoms with Gasteiger partial charge >= 0.3 is 0 Å². The zero-order valence-electron chi connectivity index (χ0n) is 17.7. The number of nitrogens with zero attached hydrogens (tertiary/aromatic N) is 1. The van der Waals surface area contributed by atoms with E-state index in [4.69, 9.17) is 15.2 Å². The van der Waals surface area contributed by atoms with E-state index in [1.54, 1.807) is 35.2 Å². The number of anilines is 1. The minimum absolute atomic E-state index is 0.249. The molecule has 1 aliphatic rings. The Morgan fingerprint density at radius 3 is 2.65 bits per heavy atom. The molecule has 0 spiro atoms. The van der Waals surface area contributed by atoms with Crippen LogP contribution in [0.15, 0.2) is 36.4 Å². The molecule has 2 N–H and O–H groups in total. The molecule has 2 aromatic rings. The number of hydrogen-bond donors (Lipinski definition) is 1. The number of rotatable bonds is 9. The first kappa shape index (κ1) is 22.8. The summed E-state index contributed by atoms with van der Waals surface area (Å²) in [5.74, 6) is 0.0592. The number of Topliss-reactive ketones (excluding diaryl/α,β-unsaturated/α-hetero) is 1. The average molecular weight is 447 g/mol. The Morgan fingerprint density at radius 1 is 1.29 bits per heavy atom. The molecule has 2 aromatic carbocycles. The van der Waals surface area contributed by atoms with Crippen molar-refractivity contribution in [2.75, 3.05) is 31.5 Å². The van der Waals surface area contributed by atoms with Crippen LogP contribution in [0.25, 0.3) is 0 Å². The molecule has 1 aliphatic heterocycles. The van der Waals surface area contributed by atoms with Crippen LogP contribution in [0.1, 0.15) is 35.7 Å². The fraction of sp³-hybridized carbons (Fsp3) is 0.364. The summed E-state index contributed by atoms with van der Waals surface area (Å²) < 4.78 is 35.6. The summed E-state index contributed by atoms with van der Waals surface area (Å²) >= 11 is 0. The molecular weight excluding hydrogens is 420 g/mol. The highest BCUT2D eigenvalue weighted by Gasteiger charge is 2.42. The van der Waals surface area contributed by atoms with Gasteiger partial charge in [-0.2, -0.15) is 0 Å². The molecule has 0 amide bonds. The molecule has 3 rings (SSSR count). The lowest BCUT2D eigenvalue weighted by atomic mass is 9.98. The van der Waals surface area contributed by atoms with Crippen molar-refractivity contribution < 1.29 is 27.5 Å². The lowest BCUT2D eigenvalue weighted by molar-refractivity contribution is -0.134. The summed E-state index contributed by atoms with van der Waals surface area (Å²) in [7, 11) is -1.93. The summed E-state index contributed by atoms with van der Waals surface area (Å²) in [5.41, 5.74) is 8.50. The third kappa shape index (κ3) is 4.72. The van der Waals surface area contributed by atoms with E-state index < -0.39 is 27.7 Å². The molecule has 0 radical (unpaired) electrons. The molecule has 0 saturated carbocycles. The Bertz CT molecular complexity index is 1100. The van der Waals surface area contributed by atoms with Crippen molar-refractivity contribution in [1.29, 1.82) is 0 Å². The molecule has 0 saturated heterocycles. The van der Waals surface area contributed by atoms with E-state index in [2.05, 4.69) is 0 Å². The second kappa shape index (κ2) is 9.07. The molecular formula is C22H26N2O6S. The molecule has 31 heavy (non-hydrogen) atoms. The highest BCUT2D eigenvalue weighted by atomic mass is 32.2. The maximum absolute atomic E-state index is 12.7. The van der Waals surface area contributed by atoms with E-state index in [1.807, 2.05) is 13.0 Å². The Balaban J connectivity index is 2.15. The number of aldehydes is 1. The maximum atomic E-state index is 12.7. The number of benzene rings is 2. The first-order chi connectivity index (χ1) is 14.7. The van der Waals surface area contributed by atoms with Gasteiger partial charge in [0.15, 0.2) is 17.8 Å². The number of carbonyl (C=O) groups is 2. The van der Waals surface area contributed by atoms with Crippen molar-refractivity contribution in [3.05, 3.63) is 53.1 Å². The van der Waals surface area contributed by atoms with Crippen LogP contribution in [0.5, 0.6) is 11.5 Å². The van der Waals surface area contributed by atoms with E-state index in [0.717, 1.165) is 11.8 Å². The first-order valence-electron chi connectivity index (χ1n) is 9.80. The molecule has 2 unspecified atom stereocenters. The maximum Gasteiger partial charge on any atom is 0.216 e. The number of nitrogen functional groups attached to an aromatic ring is 1. The van der Waals surface area contributed by atoms with Gasteiger partial charge in [-0.1, -0.05) is 18.2 Å². The van der Waals surface area contributed by atoms with Crippen molar-refractivity contribution in [3.63, 3.8) is 0 Å². The van der Waals surface area contributed by atoms with Gasteiger partial charge in [0.05, 0.1) is 25.5 Å². The summed E-state index contributed by atoms with van der Waals surface area (Å²) in [6, 6.07) is 8.75. The van der Waals surface area contributed by atoms with Gasteiger partial charge in [-0.3, -0.25) is 14.5 Å². The van der Waals surface area contributed by atoms with Crippen LogP contribution < -0.4 is 15.2 Å². The van der Waals surface area contributed by atoms with Gasteiger partial charge in [-0.15, -0.1) is 0 Å². The number of nitrogens with two attached hydrogens (primary N) is 1. The van der Waals surface area contributed by atoms with Crippen LogP contribution in [-0.2, 0) is 26.0 Å². The largest absolute Gasteiger partial charge is 0.493 e. The van der Waals surface area contributed by atoms with Crippen LogP contribution in [0, 0.1) is 0 Å². The molecule has 0 aliphatic carbocycles. The summed E-state index contributed by atoms with van der Waals surface area (Å²) in [6.45, 7) is 2.51. The number of hydrogen-bond acceptors (Lipinski definition) is 8. The third-order valence-electron chi connectivity index (χ3n) is 5.31. The number of fused-ring (bicyclic) bond motifs is 1. The van der Waals surface area contributed by atoms with E-state index >= 15 is 0 Å². The fourth-order valence-corrected chi connectivity index (χ4v) is 5.01. The molecule has 9 heteroatoms. The number of ether oxygens (including phenoxy) is 2. The smallest absolute Gasteiger partial charge is 0.216 e. The van der Waals surface area contributed by atoms with Gasteiger partial charge in [-0.25, -0.2) is 8.42 Å². The van der Waals surface area contributed by atoms with Crippen LogP contribution in [0.4, 0.5) is 5.69 Å². The minimum Gasteiger partial charge on any atom is -0.493 e. The van der Waals surface area contributed by atoms with Gasteiger partial charge in [0, 0.05) is 24.1 Å². The predicted octanol–water partition coefficient (Wildman–Crippen LogP) is 2.09. The van der Waals surface area contributed by atoms with Gasteiger partial charge in [0.1, 0.15) is 15.9 Å². The Hall–Kier alpha value is -2.91. The van der Waals surface area contributed by atoms with Gasteiger partial charge < -0.3 is 15.2 Å². The first-order valence-corrected chi connectivity index (χ1v) is 11.9. The van der Waals surface area contributed by atoms with Gasteiger partial charge in [0.25, 0.3) is 0 Å². The molecule has 166 valence electrons. The lowest BCUT2D eigenvalue weighted by Gasteiger charge is -2.32. The van der Waals surface area contributed by atoms with Crippen molar-refractivity contribution in [2.24, 2.45) is 0 Å². The van der Waals surface area contributed by atoms with Crippen LogP contribution in [-0.4, -0.2) is 51.1 Å². The van der Waals surface area contributed by atoms with Gasteiger partial charge in [0.2, 0.25) is 5.78 Å². The highest BCUT2D eigenvalue weighted by Crippen LogP contribution is 2.44. The second-order valence-electron chi connectivity index (χ2n) is 7.47. The third-order valence-corrected chi connectivity index (χ3v) is 6.23. The zero-order chi connectivity index (χ0) is 22.8. The van der Waals surface area contributed by atoms with Crippen LogP contribution >= 0.6 is 0 Å². The summed E-state index contributed by atoms with van der Waals surface area (Å²) in [5, 5.41) is 0. The molecule has 0 fully saturated rings. The van der Waals surface area contributed by atoms with E-state index in [1.165, 1.54) is 7.11 Å². The topological polar surface area (TPSA) is 116 Å². The number of carbonyl (C=O) groups excluding carboxylic acids is 2. The van der Waals surface area contributed by atoms with E-state index in [9.17, 15) is 18.0 Å². The average Bonchev–Trinajstić information content (AvgIpc) is 3.12. The standard InChI is InChI=1S/C22H26N2O6S/c1-4-30-20-10-14(8-9-19(20)29-2)17(13-31(3,27)28)24-11-15-6-5-7-16(23)21(15)22(24)18(26)12-25/h5-10,12,17,22H,4,11,13,23H2,1-3H3. The van der Waals surface area contributed by atoms with Crippen molar-refractivity contribution in [1.82, 2.24) is 4.90 Å². The SMILES string of the molecule is CCOc1cc(C(CS(C)(=O)=O)N2Cc3cccc(N)c3C2C(=O)C=O)ccc1OC. The normalized spacial score (nSPS) is 17.1. The van der Waals surface area contributed by atoms with Crippen LogP contribution in [0.2, 0.25) is 0 Å². The van der Waals surface area contributed by atoms with E-state index in [-0.39, 0.29) is 18.6 Å². The summed E-state index contributed by atoms with van der Waals surface area (Å²) in [4.78, 5) is 25.8. The molecule has 0 bridgehead atoms. The number of methoxy groups -OCH3 is 1. The Morgan fingerprint density at radius 2 is 2.03 bits per heavy atom.